The molecule has 0 radical (unpaired) electrons. The van der Waals surface area contributed by atoms with Crippen LogP contribution in [0.5, 0.6) is 11.5 Å². The SMILES string of the molecule is COc1ccc(C(C)NC(=O)/C(C#N)=C\Nc2ccccc2C(C)C)cc1OC. The van der Waals surface area contributed by atoms with Crippen molar-refractivity contribution in [3.63, 3.8) is 0 Å². The van der Waals surface area contributed by atoms with E-state index in [0.29, 0.717) is 17.4 Å². The van der Waals surface area contributed by atoms with Gasteiger partial charge < -0.3 is 20.1 Å². The van der Waals surface area contributed by atoms with Crippen molar-refractivity contribution in [1.82, 2.24) is 5.32 Å². The van der Waals surface area contributed by atoms with E-state index >= 15 is 0 Å². The van der Waals surface area contributed by atoms with Gasteiger partial charge in [0.05, 0.1) is 20.3 Å². The fourth-order valence-electron chi connectivity index (χ4n) is 2.91. The van der Waals surface area contributed by atoms with Gasteiger partial charge in [-0.2, -0.15) is 5.26 Å². The molecular weight excluding hydrogens is 366 g/mol. The predicted molar refractivity (Wildman–Crippen MR) is 114 cm³/mol. The van der Waals surface area contributed by atoms with Crippen LogP contribution in [-0.4, -0.2) is 20.1 Å². The van der Waals surface area contributed by atoms with Crippen LogP contribution in [0.25, 0.3) is 0 Å². The molecule has 0 heterocycles. The quantitative estimate of drug-likeness (QED) is 0.509. The number of benzene rings is 2. The third-order valence-corrected chi connectivity index (χ3v) is 4.58. The number of nitrogens with one attached hydrogen (secondary N) is 2. The van der Waals surface area contributed by atoms with Crippen molar-refractivity contribution in [3.05, 3.63) is 65.4 Å². The van der Waals surface area contributed by atoms with Crippen LogP contribution in [0.15, 0.2) is 54.2 Å². The van der Waals surface area contributed by atoms with Crippen molar-refractivity contribution in [2.75, 3.05) is 19.5 Å². The maximum Gasteiger partial charge on any atom is 0.263 e. The Balaban J connectivity index is 2.14. The first-order valence-electron chi connectivity index (χ1n) is 9.39. The summed E-state index contributed by atoms with van der Waals surface area (Å²) in [5.74, 6) is 1.05. The molecule has 1 unspecified atom stereocenters. The number of amides is 1. The molecule has 0 fully saturated rings. The van der Waals surface area contributed by atoms with Crippen molar-refractivity contribution < 1.29 is 14.3 Å². The maximum atomic E-state index is 12.6. The normalized spacial score (nSPS) is 12.1. The molecule has 0 saturated heterocycles. The Morgan fingerprint density at radius 2 is 1.76 bits per heavy atom. The standard InChI is InChI=1S/C23H27N3O3/c1-15(2)19-8-6-7-9-20(19)25-14-18(13-24)23(27)26-16(3)17-10-11-21(28-4)22(12-17)29-5/h6-12,14-16,25H,1-5H3,(H,26,27)/b18-14-. The van der Waals surface area contributed by atoms with Crippen molar-refractivity contribution in [1.29, 1.82) is 5.26 Å². The van der Waals surface area contributed by atoms with E-state index in [9.17, 15) is 10.1 Å². The summed E-state index contributed by atoms with van der Waals surface area (Å²) in [4.78, 5) is 12.6. The Morgan fingerprint density at radius 1 is 1.07 bits per heavy atom. The minimum atomic E-state index is -0.454. The van der Waals surface area contributed by atoms with Gasteiger partial charge >= 0.3 is 0 Å². The van der Waals surface area contributed by atoms with Crippen LogP contribution in [0.2, 0.25) is 0 Å². The van der Waals surface area contributed by atoms with Gasteiger partial charge in [-0.3, -0.25) is 4.79 Å². The third-order valence-electron chi connectivity index (χ3n) is 4.58. The molecule has 0 aliphatic rings. The molecule has 6 nitrogen and oxygen atoms in total. The summed E-state index contributed by atoms with van der Waals surface area (Å²) in [7, 11) is 3.12. The number of hydrogen-bond acceptors (Lipinski definition) is 5. The number of carbonyl (C=O) groups excluding carboxylic acids is 1. The van der Waals surface area contributed by atoms with Gasteiger partial charge in [-0.05, 0) is 42.2 Å². The Bertz CT molecular complexity index is 929. The van der Waals surface area contributed by atoms with Crippen LogP contribution in [0, 0.1) is 11.3 Å². The van der Waals surface area contributed by atoms with Gasteiger partial charge in [0, 0.05) is 11.9 Å². The molecule has 2 aromatic carbocycles. The summed E-state index contributed by atoms with van der Waals surface area (Å²) in [6.45, 7) is 6.02. The van der Waals surface area contributed by atoms with Crippen LogP contribution in [0.4, 0.5) is 5.69 Å². The van der Waals surface area contributed by atoms with Gasteiger partial charge in [-0.15, -0.1) is 0 Å². The topological polar surface area (TPSA) is 83.4 Å². The number of hydrogen-bond donors (Lipinski definition) is 2. The Labute approximate surface area is 172 Å². The number of nitrogens with zero attached hydrogens (tertiary/aromatic N) is 1. The molecule has 6 heteroatoms. The molecule has 1 atom stereocenters. The van der Waals surface area contributed by atoms with Crippen LogP contribution in [0.3, 0.4) is 0 Å². The number of carbonyl (C=O) groups is 1. The van der Waals surface area contributed by atoms with Crippen molar-refractivity contribution >= 4 is 11.6 Å². The molecular formula is C23H27N3O3. The molecule has 29 heavy (non-hydrogen) atoms. The summed E-state index contributed by atoms with van der Waals surface area (Å²) < 4.78 is 10.5. The summed E-state index contributed by atoms with van der Waals surface area (Å²) in [6, 6.07) is 14.9. The fourth-order valence-corrected chi connectivity index (χ4v) is 2.91. The second kappa shape index (κ2) is 10.2. The number of anilines is 1. The van der Waals surface area contributed by atoms with Crippen molar-refractivity contribution in [2.24, 2.45) is 0 Å². The van der Waals surface area contributed by atoms with Crippen LogP contribution < -0.4 is 20.1 Å². The first-order chi connectivity index (χ1) is 13.9. The molecule has 2 rings (SSSR count). The van der Waals surface area contributed by atoms with Gasteiger partial charge in [-0.25, -0.2) is 0 Å². The van der Waals surface area contributed by atoms with Crippen LogP contribution in [0.1, 0.15) is 43.9 Å². The molecule has 0 spiro atoms. The Hall–Kier alpha value is -3.46. The monoisotopic (exact) mass is 393 g/mol. The van der Waals surface area contributed by atoms with Crippen LogP contribution in [-0.2, 0) is 4.79 Å². The van der Waals surface area contributed by atoms with Gasteiger partial charge in [0.1, 0.15) is 11.6 Å². The summed E-state index contributed by atoms with van der Waals surface area (Å²) in [6.07, 6.45) is 1.44. The number of nitriles is 1. The molecule has 0 saturated carbocycles. The van der Waals surface area contributed by atoms with E-state index in [1.54, 1.807) is 26.4 Å². The summed E-state index contributed by atoms with van der Waals surface area (Å²) in [5, 5.41) is 15.4. The van der Waals surface area contributed by atoms with E-state index in [-0.39, 0.29) is 11.6 Å². The largest absolute Gasteiger partial charge is 0.493 e. The number of rotatable bonds is 8. The smallest absolute Gasteiger partial charge is 0.263 e. The Morgan fingerprint density at radius 3 is 2.38 bits per heavy atom. The maximum absolute atomic E-state index is 12.6. The lowest BCUT2D eigenvalue weighted by molar-refractivity contribution is -0.117. The van der Waals surface area contributed by atoms with Crippen molar-refractivity contribution in [2.45, 2.75) is 32.7 Å². The second-order valence-electron chi connectivity index (χ2n) is 6.87. The Kier molecular flexibility index (Phi) is 7.67. The molecule has 1 amide bonds. The van der Waals surface area contributed by atoms with Gasteiger partial charge in [0.15, 0.2) is 11.5 Å². The van der Waals surface area contributed by atoms with E-state index < -0.39 is 5.91 Å². The molecule has 152 valence electrons. The highest BCUT2D eigenvalue weighted by atomic mass is 16.5. The minimum Gasteiger partial charge on any atom is -0.493 e. The minimum absolute atomic E-state index is 0.00381. The third kappa shape index (κ3) is 5.52. The highest BCUT2D eigenvalue weighted by Crippen LogP contribution is 2.30. The lowest BCUT2D eigenvalue weighted by atomic mass is 10.0. The number of para-hydroxylation sites is 1. The zero-order valence-corrected chi connectivity index (χ0v) is 17.4. The molecule has 2 N–H and O–H groups in total. The van der Waals surface area contributed by atoms with E-state index in [0.717, 1.165) is 16.8 Å². The van der Waals surface area contributed by atoms with Gasteiger partial charge in [0.2, 0.25) is 0 Å². The van der Waals surface area contributed by atoms with E-state index in [1.165, 1.54) is 6.20 Å². The molecule has 2 aromatic rings. The number of ether oxygens (including phenoxy) is 2. The second-order valence-corrected chi connectivity index (χ2v) is 6.87. The van der Waals surface area contributed by atoms with E-state index in [4.69, 9.17) is 9.47 Å². The lowest BCUT2D eigenvalue weighted by Crippen LogP contribution is -2.28. The van der Waals surface area contributed by atoms with Crippen LogP contribution >= 0.6 is 0 Å². The van der Waals surface area contributed by atoms with Crippen molar-refractivity contribution in [3.8, 4) is 17.6 Å². The highest BCUT2D eigenvalue weighted by molar-refractivity contribution is 5.97. The molecule has 0 aromatic heterocycles. The molecule has 0 bridgehead atoms. The molecule has 0 aliphatic carbocycles. The fraction of sp³-hybridized carbons (Fsp3) is 0.304. The average Bonchev–Trinajstić information content (AvgIpc) is 2.73. The molecule has 0 aliphatic heterocycles. The van der Waals surface area contributed by atoms with Gasteiger partial charge in [-0.1, -0.05) is 38.1 Å². The number of methoxy groups -OCH3 is 2. The predicted octanol–water partition coefficient (Wildman–Crippen LogP) is 4.52. The van der Waals surface area contributed by atoms with Gasteiger partial charge in [0.25, 0.3) is 5.91 Å². The average molecular weight is 393 g/mol. The summed E-state index contributed by atoms with van der Waals surface area (Å²) >= 11 is 0. The zero-order chi connectivity index (χ0) is 21.4. The first-order valence-corrected chi connectivity index (χ1v) is 9.39. The van der Waals surface area contributed by atoms with E-state index in [2.05, 4.69) is 24.5 Å². The van der Waals surface area contributed by atoms with E-state index in [1.807, 2.05) is 43.3 Å². The first kappa shape index (κ1) is 21.8. The summed E-state index contributed by atoms with van der Waals surface area (Å²) in [5.41, 5.74) is 2.82. The lowest BCUT2D eigenvalue weighted by Gasteiger charge is -2.16. The highest BCUT2D eigenvalue weighted by Gasteiger charge is 2.16. The zero-order valence-electron chi connectivity index (χ0n) is 17.4.